The van der Waals surface area contributed by atoms with Crippen molar-refractivity contribution >= 4 is 27.4 Å². The van der Waals surface area contributed by atoms with Gasteiger partial charge in [-0.05, 0) is 49.2 Å². The first-order valence-corrected chi connectivity index (χ1v) is 6.46. The van der Waals surface area contributed by atoms with Crippen LogP contribution in [-0.4, -0.2) is 5.78 Å². The summed E-state index contributed by atoms with van der Waals surface area (Å²) >= 11 is 3.44. The number of nitrogens with two attached hydrogens (primary N) is 1. The van der Waals surface area contributed by atoms with Gasteiger partial charge < -0.3 is 5.73 Å². The summed E-state index contributed by atoms with van der Waals surface area (Å²) in [6.45, 7) is 3.83. The molecule has 0 aliphatic heterocycles. The number of rotatable bonds is 2. The minimum absolute atomic E-state index is 0.0249. The highest BCUT2D eigenvalue weighted by Crippen LogP contribution is 2.23. The Labute approximate surface area is 115 Å². The number of ketones is 1. The Morgan fingerprint density at radius 2 is 1.89 bits per heavy atom. The molecule has 0 amide bonds. The molecule has 3 heteroatoms. The normalized spacial score (nSPS) is 10.4. The number of benzene rings is 2. The van der Waals surface area contributed by atoms with Gasteiger partial charge in [0, 0.05) is 21.3 Å². The van der Waals surface area contributed by atoms with Gasteiger partial charge in [0.15, 0.2) is 5.78 Å². The van der Waals surface area contributed by atoms with E-state index in [-0.39, 0.29) is 5.78 Å². The van der Waals surface area contributed by atoms with Crippen molar-refractivity contribution < 1.29 is 4.79 Å². The molecule has 0 heterocycles. The summed E-state index contributed by atoms with van der Waals surface area (Å²) < 4.78 is 0.945. The molecule has 0 unspecified atom stereocenters. The standard InChI is InChI=1S/C15H14BrNO/c1-9-8-11(6-7-14(9)17)15(18)12-4-3-5-13(16)10(12)2/h3-8H,17H2,1-2H3. The maximum absolute atomic E-state index is 12.4. The third-order valence-corrected chi connectivity index (χ3v) is 3.90. The number of carbonyl (C=O) groups excluding carboxylic acids is 1. The highest BCUT2D eigenvalue weighted by Gasteiger charge is 2.13. The largest absolute Gasteiger partial charge is 0.399 e. The number of aryl methyl sites for hydroxylation is 1. The Hall–Kier alpha value is -1.61. The Morgan fingerprint density at radius 3 is 2.56 bits per heavy atom. The third-order valence-electron chi connectivity index (χ3n) is 3.04. The molecule has 0 saturated carbocycles. The second-order valence-corrected chi connectivity index (χ2v) is 5.17. The molecule has 0 atom stereocenters. The van der Waals surface area contributed by atoms with Gasteiger partial charge in [-0.2, -0.15) is 0 Å². The molecule has 0 saturated heterocycles. The van der Waals surface area contributed by atoms with E-state index in [0.29, 0.717) is 16.8 Å². The average molecular weight is 304 g/mol. The van der Waals surface area contributed by atoms with Gasteiger partial charge in [-0.25, -0.2) is 0 Å². The fourth-order valence-corrected chi connectivity index (χ4v) is 2.19. The molecule has 0 fully saturated rings. The molecule has 2 N–H and O–H groups in total. The molecule has 18 heavy (non-hydrogen) atoms. The Bertz CT molecular complexity index is 620. The number of anilines is 1. The number of nitrogen functional groups attached to an aromatic ring is 1. The number of halogens is 1. The van der Waals surface area contributed by atoms with E-state index in [1.807, 2.05) is 38.1 Å². The highest BCUT2D eigenvalue weighted by atomic mass is 79.9. The highest BCUT2D eigenvalue weighted by molar-refractivity contribution is 9.10. The van der Waals surface area contributed by atoms with E-state index in [1.54, 1.807) is 12.1 Å². The van der Waals surface area contributed by atoms with E-state index in [0.717, 1.165) is 15.6 Å². The quantitative estimate of drug-likeness (QED) is 0.676. The number of carbonyl (C=O) groups is 1. The van der Waals surface area contributed by atoms with Crippen molar-refractivity contribution in [2.24, 2.45) is 0 Å². The summed E-state index contributed by atoms with van der Waals surface area (Å²) in [6.07, 6.45) is 0. The van der Waals surface area contributed by atoms with Crippen LogP contribution < -0.4 is 5.73 Å². The van der Waals surface area contributed by atoms with Gasteiger partial charge in [-0.1, -0.05) is 28.1 Å². The van der Waals surface area contributed by atoms with E-state index in [1.165, 1.54) is 0 Å². The molecule has 0 radical (unpaired) electrons. The van der Waals surface area contributed by atoms with Crippen LogP contribution in [0.25, 0.3) is 0 Å². The molecule has 0 spiro atoms. The van der Waals surface area contributed by atoms with Crippen LogP contribution in [0.2, 0.25) is 0 Å². The second kappa shape index (κ2) is 4.94. The summed E-state index contributed by atoms with van der Waals surface area (Å²) in [7, 11) is 0. The molecule has 2 aromatic rings. The van der Waals surface area contributed by atoms with Gasteiger partial charge in [0.25, 0.3) is 0 Å². The molecule has 0 bridgehead atoms. The first-order chi connectivity index (χ1) is 8.50. The average Bonchev–Trinajstić information content (AvgIpc) is 2.35. The lowest BCUT2D eigenvalue weighted by atomic mass is 9.98. The third kappa shape index (κ3) is 2.31. The first-order valence-electron chi connectivity index (χ1n) is 5.66. The number of hydrogen-bond donors (Lipinski definition) is 1. The van der Waals surface area contributed by atoms with Crippen LogP contribution in [0.5, 0.6) is 0 Å². The van der Waals surface area contributed by atoms with Gasteiger partial charge in [0.1, 0.15) is 0 Å². The maximum atomic E-state index is 12.4. The van der Waals surface area contributed by atoms with Crippen molar-refractivity contribution in [2.75, 3.05) is 5.73 Å². The van der Waals surface area contributed by atoms with E-state index in [2.05, 4.69) is 15.9 Å². The molecule has 2 nitrogen and oxygen atoms in total. The Balaban J connectivity index is 2.48. The van der Waals surface area contributed by atoms with Crippen LogP contribution in [0.1, 0.15) is 27.0 Å². The summed E-state index contributed by atoms with van der Waals surface area (Å²) in [4.78, 5) is 12.4. The molecule has 0 aromatic heterocycles. The van der Waals surface area contributed by atoms with Crippen molar-refractivity contribution in [2.45, 2.75) is 13.8 Å². The topological polar surface area (TPSA) is 43.1 Å². The van der Waals surface area contributed by atoms with Crippen molar-refractivity contribution in [1.29, 1.82) is 0 Å². The lowest BCUT2D eigenvalue weighted by Gasteiger charge is -2.08. The minimum atomic E-state index is 0.0249. The zero-order valence-electron chi connectivity index (χ0n) is 10.3. The van der Waals surface area contributed by atoms with Crippen LogP contribution in [0.3, 0.4) is 0 Å². The van der Waals surface area contributed by atoms with Gasteiger partial charge in [0.05, 0.1) is 0 Å². The zero-order chi connectivity index (χ0) is 13.3. The van der Waals surface area contributed by atoms with Crippen LogP contribution in [0, 0.1) is 13.8 Å². The fourth-order valence-electron chi connectivity index (χ4n) is 1.83. The van der Waals surface area contributed by atoms with Crippen LogP contribution in [0.15, 0.2) is 40.9 Å². The lowest BCUT2D eigenvalue weighted by Crippen LogP contribution is -2.05. The van der Waals surface area contributed by atoms with Crippen molar-refractivity contribution in [3.63, 3.8) is 0 Å². The molecular weight excluding hydrogens is 290 g/mol. The Morgan fingerprint density at radius 1 is 1.17 bits per heavy atom. The molecule has 2 rings (SSSR count). The molecule has 0 aliphatic rings. The summed E-state index contributed by atoms with van der Waals surface area (Å²) in [6, 6.07) is 11.0. The lowest BCUT2D eigenvalue weighted by molar-refractivity contribution is 0.103. The van der Waals surface area contributed by atoms with Gasteiger partial charge in [-0.15, -0.1) is 0 Å². The summed E-state index contributed by atoms with van der Waals surface area (Å²) in [5.74, 6) is 0.0249. The van der Waals surface area contributed by atoms with E-state index in [9.17, 15) is 4.79 Å². The minimum Gasteiger partial charge on any atom is -0.399 e. The predicted molar refractivity (Wildman–Crippen MR) is 77.9 cm³/mol. The van der Waals surface area contributed by atoms with Crippen LogP contribution in [-0.2, 0) is 0 Å². The van der Waals surface area contributed by atoms with Crippen molar-refractivity contribution in [3.05, 3.63) is 63.1 Å². The van der Waals surface area contributed by atoms with Gasteiger partial charge >= 0.3 is 0 Å². The monoisotopic (exact) mass is 303 g/mol. The van der Waals surface area contributed by atoms with Gasteiger partial charge in [-0.3, -0.25) is 4.79 Å². The fraction of sp³-hybridized carbons (Fsp3) is 0.133. The van der Waals surface area contributed by atoms with Crippen LogP contribution >= 0.6 is 15.9 Å². The predicted octanol–water partition coefficient (Wildman–Crippen LogP) is 3.88. The smallest absolute Gasteiger partial charge is 0.193 e. The molecule has 92 valence electrons. The SMILES string of the molecule is Cc1cc(C(=O)c2cccc(Br)c2C)ccc1N. The number of hydrogen-bond acceptors (Lipinski definition) is 2. The van der Waals surface area contributed by atoms with E-state index < -0.39 is 0 Å². The summed E-state index contributed by atoms with van der Waals surface area (Å²) in [5.41, 5.74) is 9.73. The maximum Gasteiger partial charge on any atom is 0.193 e. The molecule has 0 aliphatic carbocycles. The summed E-state index contributed by atoms with van der Waals surface area (Å²) in [5, 5.41) is 0. The Kier molecular flexibility index (Phi) is 3.53. The zero-order valence-corrected chi connectivity index (χ0v) is 11.9. The molecule has 2 aromatic carbocycles. The van der Waals surface area contributed by atoms with Crippen LogP contribution in [0.4, 0.5) is 5.69 Å². The van der Waals surface area contributed by atoms with E-state index >= 15 is 0 Å². The first kappa shape index (κ1) is 12.8. The van der Waals surface area contributed by atoms with E-state index in [4.69, 9.17) is 5.73 Å². The van der Waals surface area contributed by atoms with Crippen molar-refractivity contribution in [1.82, 2.24) is 0 Å². The van der Waals surface area contributed by atoms with Gasteiger partial charge in [0.2, 0.25) is 0 Å². The second-order valence-electron chi connectivity index (χ2n) is 4.31. The van der Waals surface area contributed by atoms with Crippen molar-refractivity contribution in [3.8, 4) is 0 Å². The molecular formula is C15H14BrNO.